The van der Waals surface area contributed by atoms with Gasteiger partial charge in [0.1, 0.15) is 13.2 Å². The second-order valence-corrected chi connectivity index (χ2v) is 5.93. The molecule has 1 aliphatic rings. The summed E-state index contributed by atoms with van der Waals surface area (Å²) in [5.41, 5.74) is 1.26. The van der Waals surface area contributed by atoms with Crippen molar-refractivity contribution in [3.63, 3.8) is 0 Å². The van der Waals surface area contributed by atoms with Crippen LogP contribution in [-0.4, -0.2) is 32.7 Å². The van der Waals surface area contributed by atoms with Gasteiger partial charge in [-0.1, -0.05) is 17.7 Å². The van der Waals surface area contributed by atoms with E-state index in [9.17, 15) is 4.79 Å². The van der Waals surface area contributed by atoms with Gasteiger partial charge in [-0.05, 0) is 48.9 Å². The number of rotatable bonds is 6. The van der Waals surface area contributed by atoms with Crippen molar-refractivity contribution in [1.82, 2.24) is 0 Å². The zero-order chi connectivity index (χ0) is 18.5. The topological polar surface area (TPSA) is 54.0 Å². The van der Waals surface area contributed by atoms with Crippen molar-refractivity contribution < 1.29 is 23.7 Å². The molecular formula is C20H19ClO5. The van der Waals surface area contributed by atoms with Gasteiger partial charge in [-0.2, -0.15) is 0 Å². The highest BCUT2D eigenvalue weighted by atomic mass is 35.5. The van der Waals surface area contributed by atoms with Crippen LogP contribution in [0.4, 0.5) is 0 Å². The molecule has 1 aliphatic heterocycles. The molecule has 0 aromatic heterocycles. The molecule has 0 spiro atoms. The molecule has 3 rings (SSSR count). The van der Waals surface area contributed by atoms with Crippen LogP contribution in [0, 0.1) is 0 Å². The van der Waals surface area contributed by atoms with Crippen molar-refractivity contribution in [3.05, 3.63) is 52.6 Å². The quantitative estimate of drug-likeness (QED) is 0.553. The SMILES string of the molecule is CCOc1c(Cl)cc(/C=C/C(=O)c2ccc3c(c2)OCCO3)cc1OC. The van der Waals surface area contributed by atoms with Crippen LogP contribution in [0.1, 0.15) is 22.8 Å². The van der Waals surface area contributed by atoms with E-state index in [4.69, 9.17) is 30.5 Å². The van der Waals surface area contributed by atoms with Gasteiger partial charge in [-0.3, -0.25) is 4.79 Å². The van der Waals surface area contributed by atoms with Gasteiger partial charge in [0.05, 0.1) is 18.7 Å². The molecular weight excluding hydrogens is 356 g/mol. The molecule has 136 valence electrons. The predicted octanol–water partition coefficient (Wildman–Crippen LogP) is 4.41. The fourth-order valence-electron chi connectivity index (χ4n) is 2.59. The van der Waals surface area contributed by atoms with E-state index in [0.29, 0.717) is 53.4 Å². The molecule has 0 unspecified atom stereocenters. The van der Waals surface area contributed by atoms with Crippen molar-refractivity contribution >= 4 is 23.5 Å². The lowest BCUT2D eigenvalue weighted by Crippen LogP contribution is -2.15. The maximum atomic E-state index is 12.4. The van der Waals surface area contributed by atoms with Gasteiger partial charge < -0.3 is 18.9 Å². The number of ether oxygens (including phenoxy) is 4. The third kappa shape index (κ3) is 3.94. The van der Waals surface area contributed by atoms with E-state index in [0.717, 1.165) is 5.56 Å². The summed E-state index contributed by atoms with van der Waals surface area (Å²) in [6.07, 6.45) is 3.17. The molecule has 0 radical (unpaired) electrons. The number of ketones is 1. The molecule has 0 fully saturated rings. The van der Waals surface area contributed by atoms with Crippen molar-refractivity contribution in [2.75, 3.05) is 26.9 Å². The van der Waals surface area contributed by atoms with E-state index in [1.54, 1.807) is 43.5 Å². The number of allylic oxidation sites excluding steroid dienone is 1. The van der Waals surface area contributed by atoms with E-state index in [1.807, 2.05) is 6.92 Å². The molecule has 5 nitrogen and oxygen atoms in total. The molecule has 0 atom stereocenters. The van der Waals surface area contributed by atoms with Gasteiger partial charge >= 0.3 is 0 Å². The van der Waals surface area contributed by atoms with Gasteiger partial charge in [-0.25, -0.2) is 0 Å². The van der Waals surface area contributed by atoms with Crippen LogP contribution in [-0.2, 0) is 0 Å². The number of carbonyl (C=O) groups is 1. The second-order valence-electron chi connectivity index (χ2n) is 5.52. The Bertz CT molecular complexity index is 844. The lowest BCUT2D eigenvalue weighted by molar-refractivity contribution is 0.104. The Hall–Kier alpha value is -2.66. The van der Waals surface area contributed by atoms with E-state index in [1.165, 1.54) is 6.08 Å². The number of fused-ring (bicyclic) bond motifs is 1. The minimum absolute atomic E-state index is 0.147. The summed E-state index contributed by atoms with van der Waals surface area (Å²) in [6, 6.07) is 8.64. The molecule has 0 N–H and O–H groups in total. The van der Waals surface area contributed by atoms with Crippen LogP contribution in [0.15, 0.2) is 36.4 Å². The van der Waals surface area contributed by atoms with Crippen molar-refractivity contribution in [1.29, 1.82) is 0 Å². The van der Waals surface area contributed by atoms with Crippen molar-refractivity contribution in [2.24, 2.45) is 0 Å². The first-order valence-corrected chi connectivity index (χ1v) is 8.62. The standard InChI is InChI=1S/C20H19ClO5/c1-3-24-20-15(21)10-13(11-19(20)23-2)4-6-16(22)14-5-7-17-18(12-14)26-9-8-25-17/h4-7,10-12H,3,8-9H2,1-2H3/b6-4+. The maximum Gasteiger partial charge on any atom is 0.185 e. The Kier molecular flexibility index (Phi) is 5.68. The van der Waals surface area contributed by atoms with Crippen LogP contribution in [0.3, 0.4) is 0 Å². The molecule has 0 bridgehead atoms. The normalized spacial score (nSPS) is 12.9. The summed E-state index contributed by atoms with van der Waals surface area (Å²) in [5, 5.41) is 0.428. The molecule has 0 amide bonds. The third-order valence-corrected chi connectivity index (χ3v) is 4.08. The number of carbonyl (C=O) groups excluding carboxylic acids is 1. The summed E-state index contributed by atoms with van der Waals surface area (Å²) in [6.45, 7) is 3.34. The minimum atomic E-state index is -0.147. The van der Waals surface area contributed by atoms with Gasteiger partial charge in [0, 0.05) is 5.56 Å². The molecule has 0 aliphatic carbocycles. The lowest BCUT2D eigenvalue weighted by atomic mass is 10.1. The highest BCUT2D eigenvalue weighted by Gasteiger charge is 2.14. The number of hydrogen-bond donors (Lipinski definition) is 0. The summed E-state index contributed by atoms with van der Waals surface area (Å²) >= 11 is 6.25. The maximum absolute atomic E-state index is 12.4. The van der Waals surface area contributed by atoms with E-state index >= 15 is 0 Å². The summed E-state index contributed by atoms with van der Waals surface area (Å²) in [4.78, 5) is 12.4. The Morgan fingerprint density at radius 2 is 1.96 bits per heavy atom. The minimum Gasteiger partial charge on any atom is -0.493 e. The molecule has 1 heterocycles. The van der Waals surface area contributed by atoms with Crippen molar-refractivity contribution in [2.45, 2.75) is 6.92 Å². The first kappa shape index (κ1) is 18.1. The van der Waals surface area contributed by atoms with E-state index in [2.05, 4.69) is 0 Å². The molecule has 0 saturated heterocycles. The van der Waals surface area contributed by atoms with Gasteiger partial charge in [0.15, 0.2) is 28.8 Å². The molecule has 0 saturated carbocycles. The number of hydrogen-bond acceptors (Lipinski definition) is 5. The van der Waals surface area contributed by atoms with Gasteiger partial charge in [0.2, 0.25) is 0 Å². The average Bonchev–Trinajstić information content (AvgIpc) is 2.67. The largest absolute Gasteiger partial charge is 0.493 e. The summed E-state index contributed by atoms with van der Waals surface area (Å²) in [7, 11) is 1.54. The summed E-state index contributed by atoms with van der Waals surface area (Å²) < 4.78 is 21.8. The van der Waals surface area contributed by atoms with Gasteiger partial charge in [-0.15, -0.1) is 0 Å². The number of methoxy groups -OCH3 is 1. The smallest absolute Gasteiger partial charge is 0.185 e. The third-order valence-electron chi connectivity index (χ3n) is 3.79. The summed E-state index contributed by atoms with van der Waals surface area (Å²) in [5.74, 6) is 2.10. The van der Waals surface area contributed by atoms with Gasteiger partial charge in [0.25, 0.3) is 0 Å². The van der Waals surface area contributed by atoms with E-state index < -0.39 is 0 Å². The average molecular weight is 375 g/mol. The zero-order valence-electron chi connectivity index (χ0n) is 14.6. The van der Waals surface area contributed by atoms with Crippen LogP contribution >= 0.6 is 11.6 Å². The zero-order valence-corrected chi connectivity index (χ0v) is 15.3. The molecule has 2 aromatic rings. The Morgan fingerprint density at radius 3 is 2.69 bits per heavy atom. The monoisotopic (exact) mass is 374 g/mol. The van der Waals surface area contributed by atoms with Crippen molar-refractivity contribution in [3.8, 4) is 23.0 Å². The second kappa shape index (κ2) is 8.15. The Balaban J connectivity index is 1.81. The molecule has 2 aromatic carbocycles. The first-order valence-electron chi connectivity index (χ1n) is 8.24. The van der Waals surface area contributed by atoms with Crippen LogP contribution in [0.2, 0.25) is 5.02 Å². The van der Waals surface area contributed by atoms with E-state index in [-0.39, 0.29) is 5.78 Å². The fraction of sp³-hybridized carbons (Fsp3) is 0.250. The lowest BCUT2D eigenvalue weighted by Gasteiger charge is -2.18. The molecule has 26 heavy (non-hydrogen) atoms. The number of benzene rings is 2. The Morgan fingerprint density at radius 1 is 1.19 bits per heavy atom. The van der Waals surface area contributed by atoms with Crippen LogP contribution < -0.4 is 18.9 Å². The predicted molar refractivity (Wildman–Crippen MR) is 100.0 cm³/mol. The Labute approximate surface area is 157 Å². The fourth-order valence-corrected chi connectivity index (χ4v) is 2.86. The highest BCUT2D eigenvalue weighted by Crippen LogP contribution is 2.37. The van der Waals surface area contributed by atoms with Crippen LogP contribution in [0.5, 0.6) is 23.0 Å². The van der Waals surface area contributed by atoms with Crippen LogP contribution in [0.25, 0.3) is 6.08 Å². The number of halogens is 1. The highest BCUT2D eigenvalue weighted by molar-refractivity contribution is 6.32. The molecule has 6 heteroatoms. The first-order chi connectivity index (χ1) is 12.6.